The van der Waals surface area contributed by atoms with Crippen molar-refractivity contribution in [2.24, 2.45) is 5.73 Å². The molecular formula is C21H28N4O5S. The van der Waals surface area contributed by atoms with Gasteiger partial charge in [-0.1, -0.05) is 13.0 Å². The minimum absolute atomic E-state index is 0.0508. The maximum Gasteiger partial charge on any atom is 0.333 e. The molecule has 9 nitrogen and oxygen atoms in total. The van der Waals surface area contributed by atoms with Gasteiger partial charge in [-0.3, -0.25) is 5.41 Å². The monoisotopic (exact) mass is 448 g/mol. The molecule has 2 rings (SSSR count). The fourth-order valence-corrected chi connectivity index (χ4v) is 3.31. The van der Waals surface area contributed by atoms with E-state index in [1.54, 1.807) is 30.3 Å². The smallest absolute Gasteiger partial charge is 0.333 e. The summed E-state index contributed by atoms with van der Waals surface area (Å²) < 4.78 is 35.6. The summed E-state index contributed by atoms with van der Waals surface area (Å²) in [6.07, 6.45) is 1.83. The molecule has 0 bridgehead atoms. The molecule has 31 heavy (non-hydrogen) atoms. The zero-order valence-electron chi connectivity index (χ0n) is 17.8. The Labute approximate surface area is 182 Å². The van der Waals surface area contributed by atoms with E-state index in [1.165, 1.54) is 7.11 Å². The minimum Gasteiger partial charge on any atom is -0.492 e. The van der Waals surface area contributed by atoms with Crippen LogP contribution in [0, 0.1) is 5.41 Å². The number of nitrogens with one attached hydrogen (secondary N) is 3. The third kappa shape index (κ3) is 7.26. The van der Waals surface area contributed by atoms with Crippen LogP contribution < -0.4 is 20.5 Å². The van der Waals surface area contributed by atoms with Crippen molar-refractivity contribution in [1.82, 2.24) is 4.72 Å². The number of nitrogen functional groups attached to an aromatic ring is 1. The second kappa shape index (κ2) is 10.8. The number of sulfonamides is 1. The van der Waals surface area contributed by atoms with E-state index in [2.05, 4.69) is 10.0 Å². The molecule has 0 aliphatic rings. The Balaban J connectivity index is 2.32. The highest BCUT2D eigenvalue weighted by Crippen LogP contribution is 2.31. The molecule has 10 heteroatoms. The molecule has 0 saturated carbocycles. The summed E-state index contributed by atoms with van der Waals surface area (Å²) in [7, 11) is -2.02. The second-order valence-corrected chi connectivity index (χ2v) is 8.67. The van der Waals surface area contributed by atoms with Gasteiger partial charge >= 0.3 is 5.97 Å². The summed E-state index contributed by atoms with van der Waals surface area (Å²) in [6, 6.07) is 11.4. The summed E-state index contributed by atoms with van der Waals surface area (Å²) in [5, 5.41) is 10.6. The third-order valence-electron chi connectivity index (χ3n) is 4.46. The molecule has 1 atom stereocenters. The summed E-state index contributed by atoms with van der Waals surface area (Å²) in [6.45, 7) is 2.18. The number of hydrogen-bond donors (Lipinski definition) is 4. The van der Waals surface area contributed by atoms with Crippen LogP contribution >= 0.6 is 0 Å². The van der Waals surface area contributed by atoms with Gasteiger partial charge in [-0.05, 0) is 48.4 Å². The lowest BCUT2D eigenvalue weighted by Gasteiger charge is -2.22. The quantitative estimate of drug-likeness (QED) is 0.178. The first-order chi connectivity index (χ1) is 14.6. The molecule has 168 valence electrons. The van der Waals surface area contributed by atoms with Gasteiger partial charge in [0.1, 0.15) is 18.2 Å². The number of rotatable bonds is 11. The number of carbonyl (C=O) groups is 1. The van der Waals surface area contributed by atoms with Gasteiger partial charge in [0.15, 0.2) is 6.04 Å². The van der Waals surface area contributed by atoms with E-state index < -0.39 is 22.0 Å². The lowest BCUT2D eigenvalue weighted by molar-refractivity contribution is -0.141. The summed E-state index contributed by atoms with van der Waals surface area (Å²) in [4.78, 5) is 12.6. The maximum absolute atomic E-state index is 12.6. The number of esters is 1. The molecule has 2 aromatic carbocycles. The largest absolute Gasteiger partial charge is 0.492 e. The van der Waals surface area contributed by atoms with Gasteiger partial charge in [0.2, 0.25) is 10.0 Å². The predicted octanol–water partition coefficient (Wildman–Crippen LogP) is 1.79. The van der Waals surface area contributed by atoms with Crippen LogP contribution in [0.3, 0.4) is 0 Å². The van der Waals surface area contributed by atoms with Gasteiger partial charge in [-0.2, -0.15) is 0 Å². The fourth-order valence-electron chi connectivity index (χ4n) is 2.86. The van der Waals surface area contributed by atoms with Crippen LogP contribution in [0.2, 0.25) is 0 Å². The third-order valence-corrected chi connectivity index (χ3v) is 5.19. The van der Waals surface area contributed by atoms with E-state index in [-0.39, 0.29) is 19.0 Å². The molecule has 5 N–H and O–H groups in total. The van der Waals surface area contributed by atoms with E-state index in [4.69, 9.17) is 20.6 Å². The van der Waals surface area contributed by atoms with Crippen molar-refractivity contribution >= 4 is 27.5 Å². The molecule has 0 fully saturated rings. The van der Waals surface area contributed by atoms with Gasteiger partial charge in [0, 0.05) is 23.4 Å². The summed E-state index contributed by atoms with van der Waals surface area (Å²) >= 11 is 0. The Morgan fingerprint density at radius 1 is 1.19 bits per heavy atom. The number of benzene rings is 2. The molecule has 0 amide bonds. The SMILES string of the molecule is CCc1ccc(OCCNS(C)(=O)=O)c(C(Nc2ccc(C(=N)N)cc2)C(=O)OC)c1. The van der Waals surface area contributed by atoms with E-state index in [0.717, 1.165) is 18.2 Å². The van der Waals surface area contributed by atoms with Crippen LogP contribution in [-0.4, -0.2) is 46.7 Å². The molecule has 0 spiro atoms. The van der Waals surface area contributed by atoms with Crippen molar-refractivity contribution in [2.75, 3.05) is 31.8 Å². The molecule has 1 unspecified atom stereocenters. The highest BCUT2D eigenvalue weighted by molar-refractivity contribution is 7.88. The number of carbonyl (C=O) groups excluding carboxylic acids is 1. The number of hydrogen-bond acceptors (Lipinski definition) is 7. The van der Waals surface area contributed by atoms with Crippen molar-refractivity contribution in [1.29, 1.82) is 5.41 Å². The standard InChI is InChI=1S/C21H28N4O5S/c1-4-14-5-10-18(30-12-11-24-31(3,27)28)17(13-14)19(21(26)29-2)25-16-8-6-15(7-9-16)20(22)23/h5-10,13,19,24-25H,4,11-12H2,1-3H3,(H3,22,23). The first-order valence-electron chi connectivity index (χ1n) is 9.63. The Kier molecular flexibility index (Phi) is 8.40. The first kappa shape index (κ1) is 24.2. The highest BCUT2D eigenvalue weighted by Gasteiger charge is 2.25. The van der Waals surface area contributed by atoms with Crippen LogP contribution in [0.15, 0.2) is 42.5 Å². The zero-order chi connectivity index (χ0) is 23.0. The molecular weight excluding hydrogens is 420 g/mol. The second-order valence-electron chi connectivity index (χ2n) is 6.83. The Morgan fingerprint density at radius 3 is 2.42 bits per heavy atom. The van der Waals surface area contributed by atoms with E-state index in [9.17, 15) is 13.2 Å². The summed E-state index contributed by atoms with van der Waals surface area (Å²) in [5.74, 6) is -0.121. The Morgan fingerprint density at radius 2 is 1.87 bits per heavy atom. The number of ether oxygens (including phenoxy) is 2. The minimum atomic E-state index is -3.32. The predicted molar refractivity (Wildman–Crippen MR) is 120 cm³/mol. The Bertz CT molecular complexity index is 1020. The topological polar surface area (TPSA) is 144 Å². The summed E-state index contributed by atoms with van der Waals surface area (Å²) in [5.41, 5.74) is 8.26. The normalized spacial score (nSPS) is 12.1. The molecule has 0 radical (unpaired) electrons. The van der Waals surface area contributed by atoms with Crippen LogP contribution in [0.4, 0.5) is 5.69 Å². The maximum atomic E-state index is 12.6. The van der Waals surface area contributed by atoms with Crippen molar-refractivity contribution in [3.05, 3.63) is 59.2 Å². The fraction of sp³-hybridized carbons (Fsp3) is 0.333. The van der Waals surface area contributed by atoms with Gasteiger partial charge in [0.25, 0.3) is 0 Å². The highest BCUT2D eigenvalue weighted by atomic mass is 32.2. The lowest BCUT2D eigenvalue weighted by atomic mass is 10.0. The van der Waals surface area contributed by atoms with Gasteiger partial charge in [0.05, 0.1) is 13.4 Å². The van der Waals surface area contributed by atoms with Crippen LogP contribution in [-0.2, 0) is 26.0 Å². The average Bonchev–Trinajstić information content (AvgIpc) is 2.74. The number of anilines is 1. The molecule has 0 aliphatic carbocycles. The van der Waals surface area contributed by atoms with Gasteiger partial charge < -0.3 is 20.5 Å². The number of methoxy groups -OCH3 is 1. The Hall–Kier alpha value is -3.11. The van der Waals surface area contributed by atoms with E-state index in [1.807, 2.05) is 19.1 Å². The molecule has 2 aromatic rings. The number of nitrogens with two attached hydrogens (primary N) is 1. The van der Waals surface area contributed by atoms with Gasteiger partial charge in [-0.25, -0.2) is 17.9 Å². The lowest BCUT2D eigenvalue weighted by Crippen LogP contribution is -2.27. The van der Waals surface area contributed by atoms with Gasteiger partial charge in [-0.15, -0.1) is 0 Å². The van der Waals surface area contributed by atoms with Crippen LogP contribution in [0.25, 0.3) is 0 Å². The molecule has 0 saturated heterocycles. The van der Waals surface area contributed by atoms with Crippen molar-refractivity contribution in [2.45, 2.75) is 19.4 Å². The number of amidine groups is 1. The number of aryl methyl sites for hydroxylation is 1. The first-order valence-corrected chi connectivity index (χ1v) is 11.5. The molecule has 0 heterocycles. The van der Waals surface area contributed by atoms with E-state index >= 15 is 0 Å². The molecule has 0 aromatic heterocycles. The average molecular weight is 449 g/mol. The molecule has 0 aliphatic heterocycles. The van der Waals surface area contributed by atoms with Crippen LogP contribution in [0.1, 0.15) is 29.7 Å². The van der Waals surface area contributed by atoms with Crippen molar-refractivity contribution in [3.8, 4) is 5.75 Å². The van der Waals surface area contributed by atoms with Crippen LogP contribution in [0.5, 0.6) is 5.75 Å². The van der Waals surface area contributed by atoms with Crippen molar-refractivity contribution < 1.29 is 22.7 Å². The van der Waals surface area contributed by atoms with E-state index in [0.29, 0.717) is 22.6 Å². The zero-order valence-corrected chi connectivity index (χ0v) is 18.6. The van der Waals surface area contributed by atoms with Crippen molar-refractivity contribution in [3.63, 3.8) is 0 Å².